The number of rotatable bonds is 5. The van der Waals surface area contributed by atoms with Gasteiger partial charge >= 0.3 is 6.09 Å². The number of hydrogen-bond acceptors (Lipinski definition) is 6. The Balaban J connectivity index is 0.978. The van der Waals surface area contributed by atoms with Crippen molar-refractivity contribution in [1.82, 2.24) is 9.80 Å². The van der Waals surface area contributed by atoms with E-state index in [4.69, 9.17) is 14.2 Å². The summed E-state index contributed by atoms with van der Waals surface area (Å²) in [5.41, 5.74) is 6.31. The molecule has 3 aromatic carbocycles. The van der Waals surface area contributed by atoms with Crippen molar-refractivity contribution in [2.45, 2.75) is 38.0 Å². The molecule has 3 aliphatic heterocycles. The molecule has 3 heterocycles. The van der Waals surface area contributed by atoms with Crippen LogP contribution in [-0.4, -0.2) is 55.4 Å². The minimum atomic E-state index is -0.201. The van der Waals surface area contributed by atoms with Crippen LogP contribution < -0.4 is 14.4 Å². The normalized spacial score (nSPS) is 21.9. The molecule has 7 rings (SSSR count). The van der Waals surface area contributed by atoms with Gasteiger partial charge in [-0.2, -0.15) is 0 Å². The number of carbonyl (C=O) groups excluding carboxylic acids is 1. The summed E-state index contributed by atoms with van der Waals surface area (Å²) >= 11 is 0. The van der Waals surface area contributed by atoms with E-state index in [9.17, 15) is 4.79 Å². The number of likely N-dealkylation sites (tertiary alicyclic amines) is 1. The Labute approximate surface area is 223 Å². The Morgan fingerprint density at radius 3 is 2.55 bits per heavy atom. The van der Waals surface area contributed by atoms with Gasteiger partial charge in [0.05, 0.1) is 6.04 Å². The van der Waals surface area contributed by atoms with Gasteiger partial charge in [-0.25, -0.2) is 4.79 Å². The fourth-order valence-corrected chi connectivity index (χ4v) is 6.44. The number of piperazine rings is 1. The maximum Gasteiger partial charge on any atom is 0.410 e. The van der Waals surface area contributed by atoms with Crippen LogP contribution in [0.4, 0.5) is 10.5 Å². The largest absolute Gasteiger partial charge is 0.454 e. The molecule has 0 saturated carbocycles. The molecule has 0 aromatic heterocycles. The zero-order chi connectivity index (χ0) is 25.5. The van der Waals surface area contributed by atoms with Gasteiger partial charge in [-0.1, -0.05) is 42.5 Å². The Morgan fingerprint density at radius 2 is 1.68 bits per heavy atom. The van der Waals surface area contributed by atoms with Gasteiger partial charge in [-0.3, -0.25) is 4.90 Å². The summed E-state index contributed by atoms with van der Waals surface area (Å²) in [6, 6.07) is 23.2. The van der Waals surface area contributed by atoms with Crippen molar-refractivity contribution in [2.75, 3.05) is 44.4 Å². The molecule has 2 fully saturated rings. The number of nitrogens with zero attached hydrogens (tertiary/aromatic N) is 3. The molecule has 7 heteroatoms. The molecule has 2 saturated heterocycles. The van der Waals surface area contributed by atoms with E-state index in [1.807, 2.05) is 41.3 Å². The molecular formula is C31H33N3O4. The number of carbonyl (C=O) groups is 1. The summed E-state index contributed by atoms with van der Waals surface area (Å²) in [7, 11) is 0. The third-order valence-corrected chi connectivity index (χ3v) is 8.49. The van der Waals surface area contributed by atoms with Crippen molar-refractivity contribution in [2.24, 2.45) is 0 Å². The summed E-state index contributed by atoms with van der Waals surface area (Å²) in [5.74, 6) is 2.22. The first-order chi connectivity index (χ1) is 18.7. The molecule has 38 heavy (non-hydrogen) atoms. The monoisotopic (exact) mass is 511 g/mol. The highest BCUT2D eigenvalue weighted by molar-refractivity contribution is 5.70. The van der Waals surface area contributed by atoms with E-state index in [0.717, 1.165) is 69.2 Å². The molecule has 0 spiro atoms. The Morgan fingerprint density at radius 1 is 0.842 bits per heavy atom. The summed E-state index contributed by atoms with van der Waals surface area (Å²) in [6.07, 6.45) is 1.80. The van der Waals surface area contributed by atoms with Gasteiger partial charge in [0.2, 0.25) is 6.79 Å². The molecule has 1 aliphatic carbocycles. The number of fused-ring (bicyclic) bond motifs is 6. The lowest BCUT2D eigenvalue weighted by Gasteiger charge is -2.36. The van der Waals surface area contributed by atoms with Crippen LogP contribution in [0.5, 0.6) is 11.5 Å². The van der Waals surface area contributed by atoms with E-state index in [2.05, 4.69) is 40.1 Å². The standard InChI is InChI=1S/C31H33N3O4/c35-31(36-20-22-4-2-1-3-5-22)34-11-10-24-17-28(34)26-8-7-25(18-27(24)26)33-14-12-32(13-15-33)19-23-6-9-29-30(16-23)38-21-37-29/h1-9,16,18,24,28H,10-15,17,19-21H2/t24-,28+/m0/s1. The molecule has 0 radical (unpaired) electrons. The highest BCUT2D eigenvalue weighted by Crippen LogP contribution is 2.50. The summed E-state index contributed by atoms with van der Waals surface area (Å²) in [4.78, 5) is 19.9. The maximum absolute atomic E-state index is 13.0. The second-order valence-corrected chi connectivity index (χ2v) is 10.7. The van der Waals surface area contributed by atoms with Gasteiger partial charge < -0.3 is 24.0 Å². The van der Waals surface area contributed by atoms with Crippen molar-refractivity contribution >= 4 is 11.8 Å². The number of hydrogen-bond donors (Lipinski definition) is 0. The van der Waals surface area contributed by atoms with E-state index in [1.54, 1.807) is 0 Å². The van der Waals surface area contributed by atoms with Gasteiger partial charge in [-0.05, 0) is 65.3 Å². The average Bonchev–Trinajstić information content (AvgIpc) is 3.54. The van der Waals surface area contributed by atoms with Crippen molar-refractivity contribution < 1.29 is 19.0 Å². The Hall–Kier alpha value is -3.71. The van der Waals surface area contributed by atoms with Crippen molar-refractivity contribution in [3.05, 3.63) is 89.0 Å². The number of amides is 1. The van der Waals surface area contributed by atoms with Crippen molar-refractivity contribution in [3.8, 4) is 11.5 Å². The van der Waals surface area contributed by atoms with Gasteiger partial charge in [0.15, 0.2) is 11.5 Å². The van der Waals surface area contributed by atoms with Crippen molar-refractivity contribution in [3.63, 3.8) is 0 Å². The summed E-state index contributed by atoms with van der Waals surface area (Å²) < 4.78 is 16.7. The maximum atomic E-state index is 13.0. The third kappa shape index (κ3) is 4.45. The van der Waals surface area contributed by atoms with E-state index in [0.29, 0.717) is 19.3 Å². The van der Waals surface area contributed by atoms with Gasteiger partial charge in [0, 0.05) is 45.0 Å². The zero-order valence-electron chi connectivity index (χ0n) is 21.6. The van der Waals surface area contributed by atoms with Crippen LogP contribution in [0.2, 0.25) is 0 Å². The Bertz CT molecular complexity index is 1320. The van der Waals surface area contributed by atoms with E-state index < -0.39 is 0 Å². The lowest BCUT2D eigenvalue weighted by atomic mass is 9.95. The number of benzene rings is 3. The van der Waals surface area contributed by atoms with E-state index >= 15 is 0 Å². The highest BCUT2D eigenvalue weighted by atomic mass is 16.7. The predicted molar refractivity (Wildman–Crippen MR) is 145 cm³/mol. The first-order valence-corrected chi connectivity index (χ1v) is 13.7. The molecule has 2 bridgehead atoms. The first kappa shape index (κ1) is 23.4. The fraction of sp³-hybridized carbons (Fsp3) is 0.387. The summed E-state index contributed by atoms with van der Waals surface area (Å²) in [6.45, 7) is 6.39. The molecule has 3 aromatic rings. The third-order valence-electron chi connectivity index (χ3n) is 8.49. The SMILES string of the molecule is O=C(OCc1ccccc1)N1CC[C@H]2C[C@@H]1c1ccc(N3CCN(Cc4ccc5c(c4)OCO5)CC3)cc12. The minimum absolute atomic E-state index is 0.125. The number of ether oxygens (including phenoxy) is 3. The van der Waals surface area contributed by atoms with Gasteiger partial charge in [-0.15, -0.1) is 0 Å². The highest BCUT2D eigenvalue weighted by Gasteiger charge is 2.41. The van der Waals surface area contributed by atoms with Gasteiger partial charge in [0.1, 0.15) is 6.61 Å². The number of piperidine rings is 1. The quantitative estimate of drug-likeness (QED) is 0.463. The topological polar surface area (TPSA) is 54.5 Å². The van der Waals surface area contributed by atoms with Crippen LogP contribution >= 0.6 is 0 Å². The fourth-order valence-electron chi connectivity index (χ4n) is 6.44. The van der Waals surface area contributed by atoms with Crippen LogP contribution in [-0.2, 0) is 17.9 Å². The second-order valence-electron chi connectivity index (χ2n) is 10.7. The number of anilines is 1. The summed E-state index contributed by atoms with van der Waals surface area (Å²) in [5, 5.41) is 0. The lowest BCUT2D eigenvalue weighted by molar-refractivity contribution is 0.0694. The molecule has 7 nitrogen and oxygen atoms in total. The van der Waals surface area contributed by atoms with Crippen LogP contribution in [0, 0.1) is 0 Å². The first-order valence-electron chi connectivity index (χ1n) is 13.7. The molecule has 0 unspecified atom stereocenters. The molecule has 1 amide bonds. The van der Waals surface area contributed by atoms with Crippen LogP contribution in [0.1, 0.15) is 47.1 Å². The van der Waals surface area contributed by atoms with E-state index in [1.165, 1.54) is 22.4 Å². The lowest BCUT2D eigenvalue weighted by Crippen LogP contribution is -2.46. The van der Waals surface area contributed by atoms with Crippen molar-refractivity contribution in [1.29, 1.82) is 0 Å². The Kier molecular flexibility index (Phi) is 6.08. The molecular weight excluding hydrogens is 478 g/mol. The predicted octanol–water partition coefficient (Wildman–Crippen LogP) is 5.31. The van der Waals surface area contributed by atoms with Crippen LogP contribution in [0.25, 0.3) is 0 Å². The van der Waals surface area contributed by atoms with Gasteiger partial charge in [0.25, 0.3) is 0 Å². The molecule has 4 aliphatic rings. The molecule has 2 atom stereocenters. The minimum Gasteiger partial charge on any atom is -0.454 e. The van der Waals surface area contributed by atoms with E-state index in [-0.39, 0.29) is 12.1 Å². The molecule has 0 N–H and O–H groups in total. The molecule has 196 valence electrons. The second kappa shape index (κ2) is 9.87. The average molecular weight is 512 g/mol. The smallest absolute Gasteiger partial charge is 0.410 e. The van der Waals surface area contributed by atoms with Crippen LogP contribution in [0.3, 0.4) is 0 Å². The zero-order valence-corrected chi connectivity index (χ0v) is 21.6. The van der Waals surface area contributed by atoms with Crippen LogP contribution in [0.15, 0.2) is 66.7 Å².